The minimum absolute atomic E-state index is 0.0218. The van der Waals surface area contributed by atoms with E-state index in [0.29, 0.717) is 17.8 Å². The number of nitrogens with zero attached hydrogens (tertiary/aromatic N) is 3. The smallest absolute Gasteiger partial charge is 0.322 e. The van der Waals surface area contributed by atoms with Gasteiger partial charge in [-0.15, -0.1) is 0 Å². The summed E-state index contributed by atoms with van der Waals surface area (Å²) in [6, 6.07) is 6.56. The molecular formula is C15H20N4O. The first-order valence-electron chi connectivity index (χ1n) is 6.67. The van der Waals surface area contributed by atoms with Crippen LogP contribution in [0.3, 0.4) is 0 Å². The Balaban J connectivity index is 2.52. The molecule has 0 atom stereocenters. The van der Waals surface area contributed by atoms with Gasteiger partial charge in [-0.2, -0.15) is 15.0 Å². The summed E-state index contributed by atoms with van der Waals surface area (Å²) in [6.45, 7) is 7.98. The highest BCUT2D eigenvalue weighted by Crippen LogP contribution is 2.23. The van der Waals surface area contributed by atoms with Gasteiger partial charge in [-0.1, -0.05) is 17.7 Å². The molecular weight excluding hydrogens is 252 g/mol. The molecule has 0 bridgehead atoms. The average Bonchev–Trinajstić information content (AvgIpc) is 2.40. The van der Waals surface area contributed by atoms with Crippen molar-refractivity contribution in [1.29, 1.82) is 0 Å². The van der Waals surface area contributed by atoms with Crippen molar-refractivity contribution in [2.24, 2.45) is 0 Å². The van der Waals surface area contributed by atoms with Crippen LogP contribution in [-0.4, -0.2) is 28.1 Å². The lowest BCUT2D eigenvalue weighted by Crippen LogP contribution is -2.11. The van der Waals surface area contributed by atoms with Crippen LogP contribution in [0.25, 0.3) is 11.4 Å². The van der Waals surface area contributed by atoms with Crippen LogP contribution in [0.2, 0.25) is 0 Å². The molecule has 5 nitrogen and oxygen atoms in total. The quantitative estimate of drug-likeness (QED) is 0.927. The van der Waals surface area contributed by atoms with Crippen LogP contribution in [0.1, 0.15) is 25.0 Å². The van der Waals surface area contributed by atoms with Crippen molar-refractivity contribution >= 4 is 5.95 Å². The van der Waals surface area contributed by atoms with E-state index < -0.39 is 0 Å². The van der Waals surface area contributed by atoms with E-state index in [1.54, 1.807) is 7.05 Å². The first-order valence-corrected chi connectivity index (χ1v) is 6.67. The maximum Gasteiger partial charge on any atom is 0.322 e. The molecule has 0 aliphatic heterocycles. The Morgan fingerprint density at radius 2 is 1.85 bits per heavy atom. The van der Waals surface area contributed by atoms with Crippen molar-refractivity contribution in [3.05, 3.63) is 29.3 Å². The van der Waals surface area contributed by atoms with Crippen molar-refractivity contribution in [3.63, 3.8) is 0 Å². The van der Waals surface area contributed by atoms with Crippen LogP contribution < -0.4 is 10.1 Å². The summed E-state index contributed by atoms with van der Waals surface area (Å²) in [5.74, 6) is 1.13. The largest absolute Gasteiger partial charge is 0.461 e. The zero-order valence-corrected chi connectivity index (χ0v) is 12.6. The van der Waals surface area contributed by atoms with Crippen LogP contribution in [-0.2, 0) is 0 Å². The topological polar surface area (TPSA) is 59.9 Å². The minimum atomic E-state index is 0.0218. The Morgan fingerprint density at radius 1 is 1.10 bits per heavy atom. The molecule has 0 amide bonds. The van der Waals surface area contributed by atoms with Crippen molar-refractivity contribution in [2.45, 2.75) is 33.8 Å². The van der Waals surface area contributed by atoms with Gasteiger partial charge in [-0.05, 0) is 39.3 Å². The van der Waals surface area contributed by atoms with Crippen molar-refractivity contribution < 1.29 is 4.74 Å². The van der Waals surface area contributed by atoms with E-state index in [9.17, 15) is 0 Å². The van der Waals surface area contributed by atoms with Gasteiger partial charge in [0.05, 0.1) is 6.10 Å². The summed E-state index contributed by atoms with van der Waals surface area (Å²) in [5.41, 5.74) is 3.29. The Kier molecular flexibility index (Phi) is 4.17. The number of benzene rings is 1. The fourth-order valence-electron chi connectivity index (χ4n) is 1.83. The molecule has 0 aliphatic rings. The van der Waals surface area contributed by atoms with Gasteiger partial charge in [0.25, 0.3) is 0 Å². The van der Waals surface area contributed by atoms with E-state index in [2.05, 4.69) is 45.4 Å². The van der Waals surface area contributed by atoms with Gasteiger partial charge in [-0.25, -0.2) is 0 Å². The normalized spacial score (nSPS) is 10.7. The zero-order chi connectivity index (χ0) is 14.7. The highest BCUT2D eigenvalue weighted by molar-refractivity contribution is 5.62. The van der Waals surface area contributed by atoms with Crippen LogP contribution >= 0.6 is 0 Å². The van der Waals surface area contributed by atoms with Crippen LogP contribution in [0.15, 0.2) is 18.2 Å². The van der Waals surface area contributed by atoms with Gasteiger partial charge in [-0.3, -0.25) is 0 Å². The molecule has 0 radical (unpaired) electrons. The Labute approximate surface area is 119 Å². The van der Waals surface area contributed by atoms with Gasteiger partial charge in [0, 0.05) is 12.6 Å². The molecule has 0 fully saturated rings. The number of hydrogen-bond donors (Lipinski definition) is 1. The predicted octanol–water partition coefficient (Wildman–Crippen LogP) is 2.98. The molecule has 1 heterocycles. The fraction of sp³-hybridized carbons (Fsp3) is 0.400. The summed E-state index contributed by atoms with van der Waals surface area (Å²) >= 11 is 0. The van der Waals surface area contributed by atoms with E-state index in [-0.39, 0.29) is 6.10 Å². The Hall–Kier alpha value is -2.17. The van der Waals surface area contributed by atoms with Gasteiger partial charge >= 0.3 is 6.01 Å². The fourth-order valence-corrected chi connectivity index (χ4v) is 1.83. The first-order chi connectivity index (χ1) is 9.49. The number of rotatable bonds is 4. The van der Waals surface area contributed by atoms with E-state index in [0.717, 1.165) is 11.1 Å². The predicted molar refractivity (Wildman–Crippen MR) is 80.0 cm³/mol. The Morgan fingerprint density at radius 3 is 2.50 bits per heavy atom. The molecule has 106 valence electrons. The second-order valence-electron chi connectivity index (χ2n) is 5.00. The van der Waals surface area contributed by atoms with Crippen LogP contribution in [0.4, 0.5) is 5.95 Å². The lowest BCUT2D eigenvalue weighted by atomic mass is 10.1. The first kappa shape index (κ1) is 14.2. The summed E-state index contributed by atoms with van der Waals surface area (Å²) in [7, 11) is 1.78. The molecule has 2 aromatic rings. The Bertz CT molecular complexity index is 611. The third-order valence-corrected chi connectivity index (χ3v) is 2.81. The van der Waals surface area contributed by atoms with E-state index >= 15 is 0 Å². The lowest BCUT2D eigenvalue weighted by molar-refractivity contribution is 0.222. The highest BCUT2D eigenvalue weighted by Gasteiger charge is 2.12. The molecule has 0 unspecified atom stereocenters. The van der Waals surface area contributed by atoms with Gasteiger partial charge < -0.3 is 10.1 Å². The van der Waals surface area contributed by atoms with Crippen molar-refractivity contribution in [3.8, 4) is 17.4 Å². The average molecular weight is 272 g/mol. The second-order valence-corrected chi connectivity index (χ2v) is 5.00. The van der Waals surface area contributed by atoms with Gasteiger partial charge in [0.15, 0.2) is 5.82 Å². The van der Waals surface area contributed by atoms with Crippen molar-refractivity contribution in [2.75, 3.05) is 12.4 Å². The summed E-state index contributed by atoms with van der Waals surface area (Å²) < 4.78 is 5.59. The standard InChI is InChI=1S/C15H20N4O/c1-9(2)20-15-18-13(17-14(16-5)19-15)12-8-10(3)6-7-11(12)4/h6-9H,1-5H3,(H,16,17,18,19). The molecule has 1 N–H and O–H groups in total. The maximum atomic E-state index is 5.59. The summed E-state index contributed by atoms with van der Waals surface area (Å²) in [4.78, 5) is 13.0. The van der Waals surface area contributed by atoms with Gasteiger partial charge in [0.1, 0.15) is 0 Å². The number of aryl methyl sites for hydroxylation is 2. The second kappa shape index (κ2) is 5.86. The molecule has 5 heteroatoms. The maximum absolute atomic E-state index is 5.59. The van der Waals surface area contributed by atoms with E-state index in [1.807, 2.05) is 20.8 Å². The molecule has 2 rings (SSSR count). The van der Waals surface area contributed by atoms with Crippen LogP contribution in [0, 0.1) is 13.8 Å². The van der Waals surface area contributed by atoms with Crippen LogP contribution in [0.5, 0.6) is 6.01 Å². The summed E-state index contributed by atoms with van der Waals surface area (Å²) in [6.07, 6.45) is 0.0218. The lowest BCUT2D eigenvalue weighted by Gasteiger charge is -2.11. The third kappa shape index (κ3) is 3.23. The minimum Gasteiger partial charge on any atom is -0.461 e. The highest BCUT2D eigenvalue weighted by atomic mass is 16.5. The SMILES string of the molecule is CNc1nc(OC(C)C)nc(-c2cc(C)ccc2C)n1. The molecule has 0 spiro atoms. The molecule has 1 aromatic heterocycles. The number of ether oxygens (including phenoxy) is 1. The molecule has 0 saturated carbocycles. The number of aromatic nitrogens is 3. The molecule has 20 heavy (non-hydrogen) atoms. The van der Waals surface area contributed by atoms with E-state index in [1.165, 1.54) is 5.56 Å². The third-order valence-electron chi connectivity index (χ3n) is 2.81. The molecule has 0 saturated heterocycles. The van der Waals surface area contributed by atoms with E-state index in [4.69, 9.17) is 4.74 Å². The number of hydrogen-bond acceptors (Lipinski definition) is 5. The van der Waals surface area contributed by atoms with Crippen molar-refractivity contribution in [1.82, 2.24) is 15.0 Å². The number of nitrogens with one attached hydrogen (secondary N) is 1. The van der Waals surface area contributed by atoms with Gasteiger partial charge in [0.2, 0.25) is 5.95 Å². The number of anilines is 1. The molecule has 1 aromatic carbocycles. The summed E-state index contributed by atoms with van der Waals surface area (Å²) in [5, 5.41) is 2.94. The monoisotopic (exact) mass is 272 g/mol. The molecule has 0 aliphatic carbocycles. The zero-order valence-electron chi connectivity index (χ0n) is 12.6.